The van der Waals surface area contributed by atoms with Gasteiger partial charge < -0.3 is 15.0 Å². The van der Waals surface area contributed by atoms with Gasteiger partial charge in [0.1, 0.15) is 5.69 Å². The molecule has 5 nitrogen and oxygen atoms in total. The molecule has 3 rings (SSSR count). The van der Waals surface area contributed by atoms with Crippen LogP contribution in [0.15, 0.2) is 42.6 Å². The Kier molecular flexibility index (Phi) is 5.79. The number of aromatic nitrogens is 1. The van der Waals surface area contributed by atoms with Crippen molar-refractivity contribution in [2.75, 3.05) is 27.2 Å². The lowest BCUT2D eigenvalue weighted by atomic mass is 10.0. The molecule has 0 spiro atoms. The van der Waals surface area contributed by atoms with Crippen molar-refractivity contribution < 1.29 is 9.53 Å². The van der Waals surface area contributed by atoms with Crippen LogP contribution < -0.4 is 5.32 Å². The number of nitrogens with one attached hydrogen (secondary N) is 1. The van der Waals surface area contributed by atoms with E-state index < -0.39 is 0 Å². The fourth-order valence-electron chi connectivity index (χ4n) is 3.12. The van der Waals surface area contributed by atoms with Gasteiger partial charge in [0.05, 0.1) is 6.10 Å². The highest BCUT2D eigenvalue weighted by Crippen LogP contribution is 2.24. The molecule has 0 radical (unpaired) electrons. The maximum atomic E-state index is 12.6. The van der Waals surface area contributed by atoms with Crippen molar-refractivity contribution in [2.45, 2.75) is 25.5 Å². The number of ether oxygens (including phenoxy) is 1. The molecule has 0 aliphatic carbocycles. The zero-order valence-electron chi connectivity index (χ0n) is 14.9. The Balaban J connectivity index is 1.79. The first-order valence-corrected chi connectivity index (χ1v) is 8.72. The average Bonchev–Trinajstić information content (AvgIpc) is 3.13. The number of hydrogen-bond acceptors (Lipinski definition) is 4. The number of amides is 1. The van der Waals surface area contributed by atoms with Crippen LogP contribution in [-0.2, 0) is 11.3 Å². The monoisotopic (exact) mass is 339 g/mol. The van der Waals surface area contributed by atoms with Crippen LogP contribution >= 0.6 is 0 Å². The lowest BCUT2D eigenvalue weighted by Crippen LogP contribution is -2.32. The molecule has 1 aliphatic heterocycles. The molecule has 2 aromatic rings. The minimum atomic E-state index is -0.149. The fraction of sp³-hybridized carbons (Fsp3) is 0.400. The van der Waals surface area contributed by atoms with Crippen LogP contribution in [0.3, 0.4) is 0 Å². The maximum absolute atomic E-state index is 12.6. The number of rotatable bonds is 6. The van der Waals surface area contributed by atoms with E-state index in [1.165, 1.54) is 5.56 Å². The Morgan fingerprint density at radius 1 is 1.32 bits per heavy atom. The molecule has 1 aromatic heterocycles. The predicted molar refractivity (Wildman–Crippen MR) is 98.4 cm³/mol. The van der Waals surface area contributed by atoms with Gasteiger partial charge in [-0.3, -0.25) is 9.78 Å². The van der Waals surface area contributed by atoms with Crippen molar-refractivity contribution in [3.05, 3.63) is 53.9 Å². The maximum Gasteiger partial charge on any atom is 0.270 e. The number of pyridine rings is 1. The summed E-state index contributed by atoms with van der Waals surface area (Å²) in [5.74, 6) is -0.149. The molecule has 1 amide bonds. The van der Waals surface area contributed by atoms with Crippen LogP contribution in [0.4, 0.5) is 0 Å². The smallest absolute Gasteiger partial charge is 0.270 e. The highest BCUT2D eigenvalue weighted by atomic mass is 16.5. The molecule has 0 unspecified atom stereocenters. The summed E-state index contributed by atoms with van der Waals surface area (Å²) >= 11 is 0. The first kappa shape index (κ1) is 17.6. The van der Waals surface area contributed by atoms with E-state index in [2.05, 4.69) is 27.3 Å². The highest BCUT2D eigenvalue weighted by Gasteiger charge is 2.19. The molecule has 5 heteroatoms. The standard InChI is InChI=1S/C20H25N3O2/c1-23(2)14-15-6-3-7-16(12-15)18-9-4-10-21-19(18)20(24)22-13-17-8-5-11-25-17/h3-4,6-7,9-10,12,17H,5,8,11,13-14H2,1-2H3,(H,22,24)/t17-/m1/s1. The van der Waals surface area contributed by atoms with Crippen molar-refractivity contribution in [1.82, 2.24) is 15.2 Å². The molecule has 2 heterocycles. The molecule has 1 N–H and O–H groups in total. The molecule has 1 saturated heterocycles. The SMILES string of the molecule is CN(C)Cc1cccc(-c2cccnc2C(=O)NC[C@H]2CCCO2)c1. The van der Waals surface area contributed by atoms with Gasteiger partial charge in [0, 0.05) is 31.5 Å². The van der Waals surface area contributed by atoms with E-state index >= 15 is 0 Å². The third-order valence-electron chi connectivity index (χ3n) is 4.27. The van der Waals surface area contributed by atoms with Gasteiger partial charge in [-0.05, 0) is 50.2 Å². The molecular weight excluding hydrogens is 314 g/mol. The summed E-state index contributed by atoms with van der Waals surface area (Å²) in [6.45, 7) is 2.18. The zero-order valence-corrected chi connectivity index (χ0v) is 14.9. The van der Waals surface area contributed by atoms with Crippen LogP contribution in [0.1, 0.15) is 28.9 Å². The number of nitrogens with zero attached hydrogens (tertiary/aromatic N) is 2. The molecule has 1 aliphatic rings. The van der Waals surface area contributed by atoms with Crippen molar-refractivity contribution >= 4 is 5.91 Å². The fourth-order valence-corrected chi connectivity index (χ4v) is 3.12. The number of benzene rings is 1. The summed E-state index contributed by atoms with van der Waals surface area (Å²) in [6.07, 6.45) is 3.85. The molecule has 1 aromatic carbocycles. The summed E-state index contributed by atoms with van der Waals surface area (Å²) in [6, 6.07) is 12.1. The van der Waals surface area contributed by atoms with E-state index in [-0.39, 0.29) is 12.0 Å². The Morgan fingerprint density at radius 2 is 2.20 bits per heavy atom. The summed E-state index contributed by atoms with van der Waals surface area (Å²) in [4.78, 5) is 19.1. The van der Waals surface area contributed by atoms with Gasteiger partial charge in [-0.25, -0.2) is 0 Å². The van der Waals surface area contributed by atoms with Crippen LogP contribution in [0.5, 0.6) is 0 Å². The topological polar surface area (TPSA) is 54.5 Å². The Bertz CT molecular complexity index is 724. The van der Waals surface area contributed by atoms with Crippen molar-refractivity contribution in [3.63, 3.8) is 0 Å². The molecule has 132 valence electrons. The van der Waals surface area contributed by atoms with E-state index in [1.807, 2.05) is 38.4 Å². The summed E-state index contributed by atoms with van der Waals surface area (Å²) < 4.78 is 5.57. The Morgan fingerprint density at radius 3 is 2.96 bits per heavy atom. The first-order chi connectivity index (χ1) is 12.1. The highest BCUT2D eigenvalue weighted by molar-refractivity contribution is 5.98. The first-order valence-electron chi connectivity index (χ1n) is 8.72. The zero-order chi connectivity index (χ0) is 17.6. The molecule has 25 heavy (non-hydrogen) atoms. The lowest BCUT2D eigenvalue weighted by Gasteiger charge is -2.14. The Labute approximate surface area is 149 Å². The van der Waals surface area contributed by atoms with Crippen molar-refractivity contribution in [2.24, 2.45) is 0 Å². The average molecular weight is 339 g/mol. The Hall–Kier alpha value is -2.24. The van der Waals surface area contributed by atoms with Crippen LogP contribution in [0, 0.1) is 0 Å². The normalized spacial score (nSPS) is 17.0. The van der Waals surface area contributed by atoms with Crippen molar-refractivity contribution in [3.8, 4) is 11.1 Å². The third-order valence-corrected chi connectivity index (χ3v) is 4.27. The number of carbonyl (C=O) groups excluding carboxylic acids is 1. The van der Waals surface area contributed by atoms with Gasteiger partial charge in [0.25, 0.3) is 5.91 Å². The van der Waals surface area contributed by atoms with Gasteiger partial charge in [-0.1, -0.05) is 24.3 Å². The number of hydrogen-bond donors (Lipinski definition) is 1. The second-order valence-electron chi connectivity index (χ2n) is 6.68. The van der Waals surface area contributed by atoms with E-state index in [0.29, 0.717) is 12.2 Å². The second-order valence-corrected chi connectivity index (χ2v) is 6.68. The third kappa shape index (κ3) is 4.65. The van der Waals surface area contributed by atoms with E-state index in [0.717, 1.165) is 37.1 Å². The summed E-state index contributed by atoms with van der Waals surface area (Å²) in [5.41, 5.74) is 3.53. The van der Waals surface area contributed by atoms with Gasteiger partial charge in [0.15, 0.2) is 0 Å². The van der Waals surface area contributed by atoms with Crippen molar-refractivity contribution in [1.29, 1.82) is 0 Å². The van der Waals surface area contributed by atoms with Gasteiger partial charge in [-0.2, -0.15) is 0 Å². The van der Waals surface area contributed by atoms with Gasteiger partial charge in [0.2, 0.25) is 0 Å². The molecule has 1 fully saturated rings. The minimum absolute atomic E-state index is 0.125. The second kappa shape index (κ2) is 8.23. The molecule has 0 saturated carbocycles. The summed E-state index contributed by atoms with van der Waals surface area (Å²) in [7, 11) is 4.08. The van der Waals surface area contributed by atoms with Gasteiger partial charge in [-0.15, -0.1) is 0 Å². The predicted octanol–water partition coefficient (Wildman–Crippen LogP) is 2.72. The quantitative estimate of drug-likeness (QED) is 0.879. The molecule has 1 atom stereocenters. The number of carbonyl (C=O) groups is 1. The van der Waals surface area contributed by atoms with Gasteiger partial charge >= 0.3 is 0 Å². The molecule has 0 bridgehead atoms. The molecular formula is C20H25N3O2. The van der Waals surface area contributed by atoms with E-state index in [1.54, 1.807) is 6.20 Å². The lowest BCUT2D eigenvalue weighted by molar-refractivity contribution is 0.0854. The van der Waals surface area contributed by atoms with Crippen LogP contribution in [-0.4, -0.2) is 49.1 Å². The largest absolute Gasteiger partial charge is 0.376 e. The van der Waals surface area contributed by atoms with Crippen LogP contribution in [0.2, 0.25) is 0 Å². The summed E-state index contributed by atoms with van der Waals surface area (Å²) in [5, 5.41) is 2.96. The van der Waals surface area contributed by atoms with E-state index in [9.17, 15) is 4.79 Å². The van der Waals surface area contributed by atoms with Crippen LogP contribution in [0.25, 0.3) is 11.1 Å². The van der Waals surface area contributed by atoms with E-state index in [4.69, 9.17) is 4.74 Å². The minimum Gasteiger partial charge on any atom is -0.376 e.